The van der Waals surface area contributed by atoms with E-state index < -0.39 is 18.2 Å². The molecule has 1 fully saturated rings. The molecule has 7 nitrogen and oxygen atoms in total. The van der Waals surface area contributed by atoms with E-state index in [4.69, 9.17) is 9.47 Å². The van der Waals surface area contributed by atoms with Crippen molar-refractivity contribution >= 4 is 18.1 Å². The fourth-order valence-electron chi connectivity index (χ4n) is 3.76. The number of amides is 1. The van der Waals surface area contributed by atoms with Gasteiger partial charge in [0.2, 0.25) is 6.08 Å². The number of nitrogens with zero attached hydrogens (tertiary/aromatic N) is 1. The Labute approximate surface area is 148 Å². The number of nitrogens with one attached hydrogen (secondary N) is 1. The van der Waals surface area contributed by atoms with Crippen LogP contribution in [-0.2, 0) is 19.1 Å². The Morgan fingerprint density at radius 3 is 2.68 bits per heavy atom. The van der Waals surface area contributed by atoms with Crippen LogP contribution in [0.2, 0.25) is 0 Å². The summed E-state index contributed by atoms with van der Waals surface area (Å²) in [4.78, 5) is 37.3. The molecule has 0 aromatic heterocycles. The summed E-state index contributed by atoms with van der Waals surface area (Å²) < 4.78 is 10.1. The third-order valence-corrected chi connectivity index (χ3v) is 4.23. The van der Waals surface area contributed by atoms with Crippen LogP contribution < -0.4 is 5.32 Å². The van der Waals surface area contributed by atoms with Gasteiger partial charge in [-0.2, -0.15) is 0 Å². The zero-order chi connectivity index (χ0) is 19.1. The fraction of sp³-hybridized carbons (Fsp3) is 0.722. The van der Waals surface area contributed by atoms with Crippen LogP contribution in [0.4, 0.5) is 4.79 Å². The maximum Gasteiger partial charge on any atom is 0.407 e. The van der Waals surface area contributed by atoms with Crippen molar-refractivity contribution in [1.82, 2.24) is 5.32 Å². The summed E-state index contributed by atoms with van der Waals surface area (Å²) in [6, 6.07) is -0.0778. The summed E-state index contributed by atoms with van der Waals surface area (Å²) >= 11 is 0. The number of hydrogen-bond donors (Lipinski definition) is 1. The van der Waals surface area contributed by atoms with Crippen LogP contribution in [0.15, 0.2) is 17.6 Å². The molecule has 0 radical (unpaired) electrons. The molecule has 0 saturated heterocycles. The maximum absolute atomic E-state index is 12.1. The van der Waals surface area contributed by atoms with Gasteiger partial charge in [-0.3, -0.25) is 0 Å². The second kappa shape index (κ2) is 8.81. The molecule has 1 amide bonds. The van der Waals surface area contributed by atoms with Crippen LogP contribution >= 0.6 is 0 Å². The number of carbonyl (C=O) groups excluding carboxylic acids is 3. The van der Waals surface area contributed by atoms with E-state index in [2.05, 4.69) is 37.7 Å². The van der Waals surface area contributed by atoms with Crippen molar-refractivity contribution in [2.24, 2.45) is 15.8 Å². The van der Waals surface area contributed by atoms with Crippen molar-refractivity contribution in [2.45, 2.75) is 59.1 Å². The summed E-state index contributed by atoms with van der Waals surface area (Å²) in [5, 5.41) is 2.88. The van der Waals surface area contributed by atoms with E-state index in [9.17, 15) is 14.4 Å². The average Bonchev–Trinajstić information content (AvgIpc) is 2.48. The summed E-state index contributed by atoms with van der Waals surface area (Å²) in [6.07, 6.45) is 3.96. The smallest absolute Gasteiger partial charge is 0.407 e. The van der Waals surface area contributed by atoms with Gasteiger partial charge in [0.1, 0.15) is 12.7 Å². The highest BCUT2D eigenvalue weighted by Crippen LogP contribution is 2.46. The van der Waals surface area contributed by atoms with Crippen LogP contribution in [0.25, 0.3) is 0 Å². The standard InChI is InChI=1S/C18H28N2O5/c1-6-15(22)24-9-13(2)25-16(23)20-14-7-17(3,4)10-18(5,8-14)11-19-12-21/h6,13-14H,1,7-11H2,2-5H3,(H,20,23). The second-order valence-corrected chi connectivity index (χ2v) is 7.86. The lowest BCUT2D eigenvalue weighted by Gasteiger charge is -2.45. The first-order valence-corrected chi connectivity index (χ1v) is 8.39. The predicted molar refractivity (Wildman–Crippen MR) is 92.8 cm³/mol. The first-order valence-electron chi connectivity index (χ1n) is 8.39. The number of alkyl carbamates (subject to hydrolysis) is 1. The van der Waals surface area contributed by atoms with E-state index in [1.54, 1.807) is 13.0 Å². The highest BCUT2D eigenvalue weighted by Gasteiger charge is 2.41. The van der Waals surface area contributed by atoms with Gasteiger partial charge in [0.15, 0.2) is 0 Å². The van der Waals surface area contributed by atoms with Crippen molar-refractivity contribution in [3.8, 4) is 0 Å². The molecule has 0 aromatic rings. The third kappa shape index (κ3) is 7.52. The molecule has 1 aliphatic carbocycles. The van der Waals surface area contributed by atoms with Crippen molar-refractivity contribution < 1.29 is 23.9 Å². The lowest BCUT2D eigenvalue weighted by atomic mass is 9.62. The third-order valence-electron chi connectivity index (χ3n) is 4.23. The minimum atomic E-state index is -0.563. The van der Waals surface area contributed by atoms with Gasteiger partial charge in [0.25, 0.3) is 0 Å². The lowest BCUT2D eigenvalue weighted by molar-refractivity contribution is -0.140. The molecule has 1 N–H and O–H groups in total. The molecule has 1 saturated carbocycles. The van der Waals surface area contributed by atoms with Crippen LogP contribution in [0, 0.1) is 10.8 Å². The quantitative estimate of drug-likeness (QED) is 0.329. The Morgan fingerprint density at radius 2 is 2.08 bits per heavy atom. The fourth-order valence-corrected chi connectivity index (χ4v) is 3.76. The van der Waals surface area contributed by atoms with E-state index in [0.717, 1.165) is 18.9 Å². The lowest BCUT2D eigenvalue weighted by Crippen LogP contribution is -2.48. The number of carbonyl (C=O) groups is 2. The molecule has 1 aliphatic rings. The molecule has 25 heavy (non-hydrogen) atoms. The highest BCUT2D eigenvalue weighted by atomic mass is 16.6. The first kappa shape index (κ1) is 20.9. The molecule has 0 aliphatic heterocycles. The molecular formula is C18H28N2O5. The number of aliphatic imine (C=N–C) groups is 1. The van der Waals surface area contributed by atoms with E-state index >= 15 is 0 Å². The number of rotatable bonds is 7. The van der Waals surface area contributed by atoms with Gasteiger partial charge in [-0.15, -0.1) is 0 Å². The Morgan fingerprint density at radius 1 is 1.40 bits per heavy atom. The molecule has 0 aromatic carbocycles. The highest BCUT2D eigenvalue weighted by molar-refractivity contribution is 5.81. The number of hydrogen-bond acceptors (Lipinski definition) is 6. The molecule has 0 spiro atoms. The average molecular weight is 352 g/mol. The van der Waals surface area contributed by atoms with E-state index in [-0.39, 0.29) is 23.5 Å². The van der Waals surface area contributed by atoms with E-state index in [0.29, 0.717) is 13.0 Å². The van der Waals surface area contributed by atoms with Gasteiger partial charge in [0.05, 0.1) is 6.54 Å². The van der Waals surface area contributed by atoms with Gasteiger partial charge in [-0.25, -0.2) is 19.4 Å². The SMILES string of the molecule is C=CC(=O)OCC(C)OC(=O)NC1CC(C)(C)CC(C)(CN=C=O)C1. The van der Waals surface area contributed by atoms with Crippen LogP contribution in [-0.4, -0.2) is 43.4 Å². The minimum Gasteiger partial charge on any atom is -0.459 e. The molecule has 0 bridgehead atoms. The number of ether oxygens (including phenoxy) is 2. The van der Waals surface area contributed by atoms with E-state index in [1.165, 1.54) is 0 Å². The number of isocyanates is 1. The molecule has 3 atom stereocenters. The van der Waals surface area contributed by atoms with Gasteiger partial charge in [-0.05, 0) is 37.0 Å². The molecule has 140 valence electrons. The van der Waals surface area contributed by atoms with Crippen LogP contribution in [0.3, 0.4) is 0 Å². The predicted octanol–water partition coefficient (Wildman–Crippen LogP) is 2.75. The normalized spacial score (nSPS) is 25.8. The first-order chi connectivity index (χ1) is 11.6. The van der Waals surface area contributed by atoms with Crippen LogP contribution in [0.5, 0.6) is 0 Å². The second-order valence-electron chi connectivity index (χ2n) is 7.86. The Kier molecular flexibility index (Phi) is 7.37. The Balaban J connectivity index is 2.58. The van der Waals surface area contributed by atoms with Gasteiger partial charge in [0, 0.05) is 12.1 Å². The summed E-state index contributed by atoms with van der Waals surface area (Å²) in [6.45, 7) is 11.6. The molecule has 3 unspecified atom stereocenters. The largest absolute Gasteiger partial charge is 0.459 e. The zero-order valence-electron chi connectivity index (χ0n) is 15.5. The molecule has 1 rings (SSSR count). The monoisotopic (exact) mass is 352 g/mol. The molecular weight excluding hydrogens is 324 g/mol. The topological polar surface area (TPSA) is 94.1 Å². The summed E-state index contributed by atoms with van der Waals surface area (Å²) in [7, 11) is 0. The molecule has 7 heteroatoms. The summed E-state index contributed by atoms with van der Waals surface area (Å²) in [5.74, 6) is -0.559. The van der Waals surface area contributed by atoms with Crippen molar-refractivity contribution in [3.63, 3.8) is 0 Å². The van der Waals surface area contributed by atoms with Crippen LogP contribution in [0.1, 0.15) is 47.0 Å². The Bertz CT molecular complexity index is 554. The van der Waals surface area contributed by atoms with Crippen molar-refractivity contribution in [1.29, 1.82) is 0 Å². The zero-order valence-corrected chi connectivity index (χ0v) is 15.5. The van der Waals surface area contributed by atoms with E-state index in [1.807, 2.05) is 0 Å². The van der Waals surface area contributed by atoms with Gasteiger partial charge >= 0.3 is 12.1 Å². The van der Waals surface area contributed by atoms with Crippen molar-refractivity contribution in [3.05, 3.63) is 12.7 Å². The Hall–Kier alpha value is -2.14. The summed E-state index contributed by atoms with van der Waals surface area (Å²) in [5.41, 5.74) is -0.170. The van der Waals surface area contributed by atoms with Gasteiger partial charge < -0.3 is 14.8 Å². The van der Waals surface area contributed by atoms with Crippen molar-refractivity contribution in [2.75, 3.05) is 13.2 Å². The molecule has 0 heterocycles. The minimum absolute atomic E-state index is 0.00839. The maximum atomic E-state index is 12.1. The number of esters is 1. The van der Waals surface area contributed by atoms with Gasteiger partial charge in [-0.1, -0.05) is 27.4 Å².